The summed E-state index contributed by atoms with van der Waals surface area (Å²) < 4.78 is 0. The molecule has 0 amide bonds. The van der Waals surface area contributed by atoms with E-state index >= 15 is 0 Å². The summed E-state index contributed by atoms with van der Waals surface area (Å²) in [5, 5.41) is 4.51. The van der Waals surface area contributed by atoms with Crippen LogP contribution in [-0.4, -0.2) is 9.97 Å². The van der Waals surface area contributed by atoms with Gasteiger partial charge in [-0.2, -0.15) is 4.98 Å². The fraction of sp³-hybridized carbons (Fsp3) is 0.250. The average molecular weight is 298 g/mol. The summed E-state index contributed by atoms with van der Waals surface area (Å²) in [5.41, 5.74) is 8.34. The molecule has 0 aliphatic heterocycles. The molecule has 2 heterocycles. The van der Waals surface area contributed by atoms with Crippen LogP contribution in [0.25, 0.3) is 10.2 Å². The summed E-state index contributed by atoms with van der Waals surface area (Å²) in [6.07, 6.45) is 0. The van der Waals surface area contributed by atoms with E-state index in [0.29, 0.717) is 5.95 Å². The first-order chi connectivity index (χ1) is 10.0. The lowest BCUT2D eigenvalue weighted by Gasteiger charge is -2.17. The molecule has 0 aliphatic rings. The van der Waals surface area contributed by atoms with Gasteiger partial charge in [-0.15, -0.1) is 11.3 Å². The van der Waals surface area contributed by atoms with Crippen molar-refractivity contribution in [2.75, 3.05) is 11.1 Å². The monoisotopic (exact) mass is 298 g/mol. The van der Waals surface area contributed by atoms with Gasteiger partial charge >= 0.3 is 0 Å². The van der Waals surface area contributed by atoms with E-state index in [1.807, 2.05) is 0 Å². The molecule has 21 heavy (non-hydrogen) atoms. The number of nitrogens with zero attached hydrogens (tertiary/aromatic N) is 2. The summed E-state index contributed by atoms with van der Waals surface area (Å²) in [6, 6.07) is 10.6. The van der Waals surface area contributed by atoms with Gasteiger partial charge in [-0.05, 0) is 38.0 Å². The lowest BCUT2D eigenvalue weighted by Crippen LogP contribution is -2.10. The molecule has 0 saturated carbocycles. The van der Waals surface area contributed by atoms with Gasteiger partial charge in [-0.3, -0.25) is 0 Å². The Balaban J connectivity index is 2.00. The normalized spacial score (nSPS) is 12.5. The van der Waals surface area contributed by atoms with Gasteiger partial charge in [0.15, 0.2) is 0 Å². The minimum Gasteiger partial charge on any atom is -0.368 e. The molecule has 4 nitrogen and oxygen atoms in total. The van der Waals surface area contributed by atoms with Crippen LogP contribution < -0.4 is 11.1 Å². The molecular formula is C16H18N4S. The number of aromatic nitrogens is 2. The summed E-state index contributed by atoms with van der Waals surface area (Å²) in [6.45, 7) is 6.31. The van der Waals surface area contributed by atoms with Crippen molar-refractivity contribution in [1.29, 1.82) is 0 Å². The Labute approximate surface area is 128 Å². The van der Waals surface area contributed by atoms with Crippen LogP contribution in [0.2, 0.25) is 0 Å². The van der Waals surface area contributed by atoms with Crippen molar-refractivity contribution in [3.05, 3.63) is 46.3 Å². The van der Waals surface area contributed by atoms with E-state index in [1.54, 1.807) is 11.3 Å². The second-order valence-electron chi connectivity index (χ2n) is 5.23. The number of rotatable bonds is 3. The molecule has 5 heteroatoms. The Morgan fingerprint density at radius 2 is 1.95 bits per heavy atom. The van der Waals surface area contributed by atoms with Crippen molar-refractivity contribution in [2.24, 2.45) is 0 Å². The van der Waals surface area contributed by atoms with E-state index < -0.39 is 0 Å². The molecule has 2 aromatic heterocycles. The maximum Gasteiger partial charge on any atom is 0.223 e. The number of thiophene rings is 1. The molecule has 0 fully saturated rings. The van der Waals surface area contributed by atoms with Gasteiger partial charge in [0.2, 0.25) is 5.95 Å². The molecule has 0 radical (unpaired) electrons. The molecule has 1 unspecified atom stereocenters. The molecule has 108 valence electrons. The van der Waals surface area contributed by atoms with Gasteiger partial charge in [-0.1, -0.05) is 24.3 Å². The zero-order chi connectivity index (χ0) is 15.0. The van der Waals surface area contributed by atoms with E-state index in [9.17, 15) is 0 Å². The largest absolute Gasteiger partial charge is 0.368 e. The fourth-order valence-electron chi connectivity index (χ4n) is 2.52. The van der Waals surface area contributed by atoms with E-state index in [0.717, 1.165) is 16.0 Å². The molecule has 0 saturated heterocycles. The molecule has 0 aliphatic carbocycles. The molecule has 1 atom stereocenters. The minimum atomic E-state index is 0.156. The minimum absolute atomic E-state index is 0.156. The highest BCUT2D eigenvalue weighted by molar-refractivity contribution is 7.18. The average Bonchev–Trinajstić information content (AvgIpc) is 2.79. The zero-order valence-electron chi connectivity index (χ0n) is 12.3. The number of hydrogen-bond donors (Lipinski definition) is 2. The van der Waals surface area contributed by atoms with Gasteiger partial charge in [0.25, 0.3) is 0 Å². The number of benzene rings is 1. The summed E-state index contributed by atoms with van der Waals surface area (Å²) in [5.74, 6) is 1.11. The van der Waals surface area contributed by atoms with Crippen molar-refractivity contribution in [1.82, 2.24) is 9.97 Å². The predicted octanol–water partition coefficient (Wildman–Crippen LogP) is 4.06. The Hall–Kier alpha value is -2.14. The fourth-order valence-corrected chi connectivity index (χ4v) is 3.41. The van der Waals surface area contributed by atoms with Crippen molar-refractivity contribution < 1.29 is 0 Å². The molecule has 0 spiro atoms. The van der Waals surface area contributed by atoms with Crippen molar-refractivity contribution in [3.8, 4) is 0 Å². The Bertz CT molecular complexity index is 794. The summed E-state index contributed by atoms with van der Waals surface area (Å²) in [4.78, 5) is 10.8. The Morgan fingerprint density at radius 3 is 2.71 bits per heavy atom. The van der Waals surface area contributed by atoms with Crippen LogP contribution in [0.1, 0.15) is 29.0 Å². The number of hydrogen-bond acceptors (Lipinski definition) is 5. The standard InChI is InChI=1S/C16H18N4S/c1-9-6-4-5-7-12(9)11(3)18-14-13-8-10(2)21-15(13)20-16(17)19-14/h4-8,11H,1-3H3,(H3,17,18,19,20). The number of nitrogens with two attached hydrogens (primary N) is 1. The third-order valence-electron chi connectivity index (χ3n) is 3.54. The van der Waals surface area contributed by atoms with Crippen LogP contribution in [0.5, 0.6) is 0 Å². The number of nitrogen functional groups attached to an aromatic ring is 1. The maximum atomic E-state index is 5.82. The van der Waals surface area contributed by atoms with Gasteiger partial charge in [-0.25, -0.2) is 4.98 Å². The molecule has 3 N–H and O–H groups in total. The van der Waals surface area contributed by atoms with Crippen molar-refractivity contribution >= 4 is 33.3 Å². The second kappa shape index (κ2) is 5.33. The number of nitrogens with one attached hydrogen (secondary N) is 1. The number of fused-ring (bicyclic) bond motifs is 1. The summed E-state index contributed by atoms with van der Waals surface area (Å²) >= 11 is 1.64. The van der Waals surface area contributed by atoms with Gasteiger partial charge in [0, 0.05) is 4.88 Å². The van der Waals surface area contributed by atoms with Gasteiger partial charge < -0.3 is 11.1 Å². The van der Waals surface area contributed by atoms with E-state index in [2.05, 4.69) is 66.4 Å². The third-order valence-corrected chi connectivity index (χ3v) is 4.49. The number of aryl methyl sites for hydroxylation is 2. The molecule has 1 aromatic carbocycles. The van der Waals surface area contributed by atoms with E-state index in [4.69, 9.17) is 5.73 Å². The maximum absolute atomic E-state index is 5.82. The van der Waals surface area contributed by atoms with Crippen LogP contribution in [0.15, 0.2) is 30.3 Å². The van der Waals surface area contributed by atoms with Crippen molar-refractivity contribution in [2.45, 2.75) is 26.8 Å². The topological polar surface area (TPSA) is 63.8 Å². The quantitative estimate of drug-likeness (QED) is 0.765. The van der Waals surface area contributed by atoms with Crippen molar-refractivity contribution in [3.63, 3.8) is 0 Å². The van der Waals surface area contributed by atoms with Crippen LogP contribution >= 0.6 is 11.3 Å². The van der Waals surface area contributed by atoms with Crippen LogP contribution in [0.3, 0.4) is 0 Å². The molecule has 3 rings (SSSR count). The van der Waals surface area contributed by atoms with E-state index in [1.165, 1.54) is 16.0 Å². The summed E-state index contributed by atoms with van der Waals surface area (Å²) in [7, 11) is 0. The Morgan fingerprint density at radius 1 is 1.19 bits per heavy atom. The van der Waals surface area contributed by atoms with Crippen LogP contribution in [0, 0.1) is 13.8 Å². The first-order valence-electron chi connectivity index (χ1n) is 6.90. The third kappa shape index (κ3) is 2.69. The lowest BCUT2D eigenvalue weighted by atomic mass is 10.0. The molecular weight excluding hydrogens is 280 g/mol. The highest BCUT2D eigenvalue weighted by Crippen LogP contribution is 2.31. The smallest absolute Gasteiger partial charge is 0.223 e. The van der Waals surface area contributed by atoms with Gasteiger partial charge in [0.05, 0.1) is 11.4 Å². The Kier molecular flexibility index (Phi) is 3.51. The van der Waals surface area contributed by atoms with Gasteiger partial charge in [0.1, 0.15) is 10.6 Å². The number of anilines is 2. The highest BCUT2D eigenvalue weighted by atomic mass is 32.1. The van der Waals surface area contributed by atoms with Crippen LogP contribution in [0.4, 0.5) is 11.8 Å². The predicted molar refractivity (Wildman–Crippen MR) is 89.8 cm³/mol. The lowest BCUT2D eigenvalue weighted by molar-refractivity contribution is 0.867. The first kappa shape index (κ1) is 13.8. The van der Waals surface area contributed by atoms with Crippen LogP contribution in [-0.2, 0) is 0 Å². The first-order valence-corrected chi connectivity index (χ1v) is 7.72. The highest BCUT2D eigenvalue weighted by Gasteiger charge is 2.13. The van der Waals surface area contributed by atoms with E-state index in [-0.39, 0.29) is 6.04 Å². The second-order valence-corrected chi connectivity index (χ2v) is 6.46. The zero-order valence-corrected chi connectivity index (χ0v) is 13.2. The SMILES string of the molecule is Cc1cc2c(NC(C)c3ccccc3C)nc(N)nc2s1. The molecule has 0 bridgehead atoms. The molecule has 3 aromatic rings.